The molecule has 3 nitrogen and oxygen atoms in total. The highest BCUT2D eigenvalue weighted by molar-refractivity contribution is 6.58. The molecule has 0 aliphatic rings. The lowest BCUT2D eigenvalue weighted by molar-refractivity contribution is 0.426. The third-order valence-corrected chi connectivity index (χ3v) is 5.24. The molecule has 0 atom stereocenters. The van der Waals surface area contributed by atoms with Crippen molar-refractivity contribution in [2.24, 2.45) is 0 Å². The van der Waals surface area contributed by atoms with Crippen LogP contribution in [0.2, 0.25) is 0 Å². The van der Waals surface area contributed by atoms with Gasteiger partial charge in [0.2, 0.25) is 0 Å². The van der Waals surface area contributed by atoms with E-state index in [0.717, 1.165) is 33.6 Å². The van der Waals surface area contributed by atoms with Crippen LogP contribution < -0.4 is 5.46 Å². The van der Waals surface area contributed by atoms with E-state index in [9.17, 15) is 10.0 Å². The number of hydrogen-bond donors (Lipinski definition) is 2. The van der Waals surface area contributed by atoms with Gasteiger partial charge >= 0.3 is 7.12 Å². The smallest absolute Gasteiger partial charge is 0.423 e. The second-order valence-corrected chi connectivity index (χ2v) is 6.99. The van der Waals surface area contributed by atoms with Crippen molar-refractivity contribution in [3.63, 3.8) is 0 Å². The lowest BCUT2D eigenvalue weighted by atomic mass is 9.80. The Kier molecular flexibility index (Phi) is 5.21. The first-order valence-corrected chi connectivity index (χ1v) is 9.56. The van der Waals surface area contributed by atoms with E-state index in [-0.39, 0.29) is 0 Å². The molecule has 0 saturated carbocycles. The largest absolute Gasteiger partial charge is 0.488 e. The van der Waals surface area contributed by atoms with Crippen molar-refractivity contribution in [3.05, 3.63) is 108 Å². The van der Waals surface area contributed by atoms with E-state index in [1.165, 1.54) is 5.39 Å². The van der Waals surface area contributed by atoms with Crippen LogP contribution in [0.1, 0.15) is 16.8 Å². The molecule has 4 heteroatoms. The topological polar surface area (TPSA) is 45.4 Å². The highest BCUT2D eigenvalue weighted by Gasteiger charge is 2.15. The number of benzene rings is 3. The molecule has 3 aromatic carbocycles. The Morgan fingerprint density at radius 3 is 2.21 bits per heavy atom. The normalized spacial score (nSPS) is 11.6. The maximum atomic E-state index is 9.33. The number of allylic oxidation sites excluding steroid dienone is 2. The average molecular weight is 379 g/mol. The maximum Gasteiger partial charge on any atom is 0.488 e. The zero-order valence-electron chi connectivity index (χ0n) is 16.3. The molecule has 4 aromatic rings. The molecule has 0 aliphatic heterocycles. The van der Waals surface area contributed by atoms with Gasteiger partial charge in [0.15, 0.2) is 0 Å². The lowest BCUT2D eigenvalue weighted by Gasteiger charge is -2.08. The minimum Gasteiger partial charge on any atom is -0.423 e. The van der Waals surface area contributed by atoms with Crippen LogP contribution in [0.5, 0.6) is 0 Å². The molecule has 0 amide bonds. The van der Waals surface area contributed by atoms with Crippen molar-refractivity contribution in [1.29, 1.82) is 0 Å². The minimum absolute atomic E-state index is 0.467. The Morgan fingerprint density at radius 2 is 1.55 bits per heavy atom. The SMILES string of the molecule is C=C/C(=C\c1c(C)n(-c2ccccc2)c2ccccc12)c1ccc(B(O)O)cc1. The van der Waals surface area contributed by atoms with Gasteiger partial charge in [0, 0.05) is 22.3 Å². The predicted molar refractivity (Wildman–Crippen MR) is 122 cm³/mol. The molecule has 0 fully saturated rings. The van der Waals surface area contributed by atoms with Gasteiger partial charge in [0.05, 0.1) is 5.52 Å². The molecule has 0 aliphatic carbocycles. The van der Waals surface area contributed by atoms with E-state index >= 15 is 0 Å². The van der Waals surface area contributed by atoms with Gasteiger partial charge in [-0.15, -0.1) is 0 Å². The summed E-state index contributed by atoms with van der Waals surface area (Å²) in [6.07, 6.45) is 3.98. The third kappa shape index (κ3) is 3.56. The van der Waals surface area contributed by atoms with Crippen molar-refractivity contribution in [3.8, 4) is 5.69 Å². The zero-order valence-corrected chi connectivity index (χ0v) is 16.3. The summed E-state index contributed by atoms with van der Waals surface area (Å²) in [6, 6.07) is 25.9. The number of hydrogen-bond acceptors (Lipinski definition) is 2. The van der Waals surface area contributed by atoms with E-state index in [0.29, 0.717) is 5.46 Å². The van der Waals surface area contributed by atoms with Gasteiger partial charge in [-0.25, -0.2) is 0 Å². The number of rotatable bonds is 5. The highest BCUT2D eigenvalue weighted by atomic mass is 16.4. The summed E-state index contributed by atoms with van der Waals surface area (Å²) in [5.41, 5.74) is 6.99. The second-order valence-electron chi connectivity index (χ2n) is 6.99. The Morgan fingerprint density at radius 1 is 0.897 bits per heavy atom. The Bertz CT molecular complexity index is 1190. The van der Waals surface area contributed by atoms with E-state index in [1.807, 2.05) is 36.4 Å². The van der Waals surface area contributed by atoms with Gasteiger partial charge in [-0.2, -0.15) is 0 Å². The molecule has 0 bridgehead atoms. The van der Waals surface area contributed by atoms with Gasteiger partial charge in [-0.05, 0) is 47.8 Å². The standard InChI is InChI=1S/C25H22BNO2/c1-3-19(20-13-15-21(16-14-20)26(28)29)17-24-18(2)27(22-9-5-4-6-10-22)25-12-8-7-11-23(24)25/h3-17,28-29H,1H2,2H3/b19-17+. The number of para-hydroxylation sites is 2. The fourth-order valence-electron chi connectivity index (χ4n) is 3.75. The minimum atomic E-state index is -1.47. The van der Waals surface area contributed by atoms with Gasteiger partial charge in [-0.1, -0.05) is 73.3 Å². The fraction of sp³-hybridized carbons (Fsp3) is 0.0400. The van der Waals surface area contributed by atoms with Crippen molar-refractivity contribution in [1.82, 2.24) is 4.57 Å². The zero-order chi connectivity index (χ0) is 20.4. The summed E-state index contributed by atoms with van der Waals surface area (Å²) in [5, 5.41) is 19.8. The van der Waals surface area contributed by atoms with E-state index in [1.54, 1.807) is 12.1 Å². The van der Waals surface area contributed by atoms with Gasteiger partial charge in [0.1, 0.15) is 0 Å². The summed E-state index contributed by atoms with van der Waals surface area (Å²) < 4.78 is 2.27. The van der Waals surface area contributed by atoms with Crippen LogP contribution in [-0.4, -0.2) is 21.7 Å². The van der Waals surface area contributed by atoms with Crippen LogP contribution >= 0.6 is 0 Å². The van der Waals surface area contributed by atoms with Crippen LogP contribution in [-0.2, 0) is 0 Å². The molecule has 0 saturated heterocycles. The predicted octanol–water partition coefficient (Wildman–Crippen LogP) is 4.35. The van der Waals surface area contributed by atoms with E-state index in [4.69, 9.17) is 0 Å². The molecule has 0 spiro atoms. The highest BCUT2D eigenvalue weighted by Crippen LogP contribution is 2.32. The first kappa shape index (κ1) is 19.0. The maximum absolute atomic E-state index is 9.33. The quantitative estimate of drug-likeness (QED) is 0.400. The van der Waals surface area contributed by atoms with Crippen LogP contribution in [0, 0.1) is 6.92 Å². The van der Waals surface area contributed by atoms with Crippen molar-refractivity contribution in [2.45, 2.75) is 6.92 Å². The fourth-order valence-corrected chi connectivity index (χ4v) is 3.75. The second kappa shape index (κ2) is 7.96. The Labute approximate surface area is 171 Å². The summed E-state index contributed by atoms with van der Waals surface area (Å²) in [5.74, 6) is 0. The first-order valence-electron chi connectivity index (χ1n) is 9.56. The number of aromatic nitrogens is 1. The van der Waals surface area contributed by atoms with Crippen molar-refractivity contribution >= 4 is 35.1 Å². The van der Waals surface area contributed by atoms with E-state index in [2.05, 4.69) is 60.5 Å². The van der Waals surface area contributed by atoms with Crippen LogP contribution in [0.15, 0.2) is 91.5 Å². The molecule has 0 unspecified atom stereocenters. The lowest BCUT2D eigenvalue weighted by Crippen LogP contribution is -2.29. The summed E-state index contributed by atoms with van der Waals surface area (Å²) in [4.78, 5) is 0. The molecule has 4 rings (SSSR count). The molecular weight excluding hydrogens is 357 g/mol. The summed E-state index contributed by atoms with van der Waals surface area (Å²) >= 11 is 0. The summed E-state index contributed by atoms with van der Waals surface area (Å²) in [6.45, 7) is 6.12. The van der Waals surface area contributed by atoms with Gasteiger partial charge in [-0.3, -0.25) is 0 Å². The number of nitrogens with zero attached hydrogens (tertiary/aromatic N) is 1. The summed E-state index contributed by atoms with van der Waals surface area (Å²) in [7, 11) is -1.47. The number of fused-ring (bicyclic) bond motifs is 1. The van der Waals surface area contributed by atoms with E-state index < -0.39 is 7.12 Å². The molecular formula is C25H22BNO2. The first-order chi connectivity index (χ1) is 14.1. The van der Waals surface area contributed by atoms with Crippen molar-refractivity contribution < 1.29 is 10.0 Å². The third-order valence-electron chi connectivity index (χ3n) is 5.24. The monoisotopic (exact) mass is 379 g/mol. The van der Waals surface area contributed by atoms with Crippen LogP contribution in [0.4, 0.5) is 0 Å². The van der Waals surface area contributed by atoms with Gasteiger partial charge in [0.25, 0.3) is 0 Å². The molecule has 142 valence electrons. The van der Waals surface area contributed by atoms with Gasteiger partial charge < -0.3 is 14.6 Å². The van der Waals surface area contributed by atoms with Crippen molar-refractivity contribution in [2.75, 3.05) is 0 Å². The molecule has 1 heterocycles. The average Bonchev–Trinajstić information content (AvgIpc) is 3.04. The molecule has 1 aromatic heterocycles. The molecule has 2 N–H and O–H groups in total. The molecule has 29 heavy (non-hydrogen) atoms. The van der Waals surface area contributed by atoms with Crippen LogP contribution in [0.3, 0.4) is 0 Å². The Hall–Kier alpha value is -3.34. The van der Waals surface area contributed by atoms with Crippen LogP contribution in [0.25, 0.3) is 28.2 Å². The molecule has 0 radical (unpaired) electrons. The Balaban J connectivity index is 1.89.